The van der Waals surface area contributed by atoms with E-state index in [1.54, 1.807) is 16.4 Å². The Bertz CT molecular complexity index is 888. The maximum Gasteiger partial charge on any atom is 0.326 e. The Kier molecular flexibility index (Phi) is 6.51. The number of aromatic amines is 1. The highest BCUT2D eigenvalue weighted by atomic mass is 31.2. The predicted molar refractivity (Wildman–Crippen MR) is 93.1 cm³/mol. The van der Waals surface area contributed by atoms with Crippen LogP contribution in [0.1, 0.15) is 5.82 Å². The molecule has 0 spiro atoms. The smallest absolute Gasteiger partial charge is 0.324 e. The maximum absolute atomic E-state index is 11.8. The quantitative estimate of drug-likeness (QED) is 0.325. The number of fused-ring (bicyclic) bond motifs is 1. The van der Waals surface area contributed by atoms with Crippen molar-refractivity contribution in [1.82, 2.24) is 24.4 Å². The van der Waals surface area contributed by atoms with Gasteiger partial charge in [0.05, 0.1) is 18.7 Å². The van der Waals surface area contributed by atoms with E-state index in [0.717, 1.165) is 0 Å². The van der Waals surface area contributed by atoms with Crippen LogP contribution in [-0.2, 0) is 15.7 Å². The summed E-state index contributed by atoms with van der Waals surface area (Å²) in [5.41, 5.74) is 0.176. The molecule has 0 radical (unpaired) electrons. The van der Waals surface area contributed by atoms with Crippen molar-refractivity contribution in [2.45, 2.75) is 13.5 Å². The van der Waals surface area contributed by atoms with Gasteiger partial charge in [-0.3, -0.25) is 13.9 Å². The molecule has 0 bridgehead atoms. The molecule has 0 atom stereocenters. The molecule has 0 saturated heterocycles. The van der Waals surface area contributed by atoms with E-state index in [4.69, 9.17) is 19.6 Å². The molecule has 2 rings (SSSR count). The summed E-state index contributed by atoms with van der Waals surface area (Å²) in [5, 5.41) is 0. The van der Waals surface area contributed by atoms with E-state index in [2.05, 4.69) is 15.0 Å². The van der Waals surface area contributed by atoms with Gasteiger partial charge in [0.1, 0.15) is 5.82 Å². The molecule has 0 aliphatic rings. The first-order valence-corrected chi connectivity index (χ1v) is 11.3. The van der Waals surface area contributed by atoms with Gasteiger partial charge in [-0.15, -0.1) is 0 Å². The number of hydrogen-bond acceptors (Lipinski definition) is 6. The summed E-state index contributed by atoms with van der Waals surface area (Å²) in [6.07, 6.45) is 0.586. The first-order valence-electron chi connectivity index (χ1n) is 7.68. The highest BCUT2D eigenvalue weighted by Crippen LogP contribution is 2.35. The number of aryl methyl sites for hydroxylation is 1. The summed E-state index contributed by atoms with van der Waals surface area (Å²) in [6.45, 7) is 2.12. The molecule has 0 amide bonds. The largest absolute Gasteiger partial charge is 0.326 e. The lowest BCUT2D eigenvalue weighted by Gasteiger charge is -2.23. The highest BCUT2D eigenvalue weighted by molar-refractivity contribution is 7.52. The van der Waals surface area contributed by atoms with Gasteiger partial charge < -0.3 is 34.0 Å². The second kappa shape index (κ2) is 8.10. The summed E-state index contributed by atoms with van der Waals surface area (Å²) >= 11 is 0. The fourth-order valence-electron chi connectivity index (χ4n) is 2.36. The normalized spacial score (nSPS) is 13.0. The first kappa shape index (κ1) is 20.9. The van der Waals surface area contributed by atoms with Crippen LogP contribution in [-0.4, -0.2) is 76.0 Å². The van der Waals surface area contributed by atoms with E-state index in [1.165, 1.54) is 6.33 Å². The second-order valence-corrected chi connectivity index (χ2v) is 9.43. The van der Waals surface area contributed by atoms with Gasteiger partial charge in [-0.05, 0) is 6.92 Å². The Morgan fingerprint density at radius 3 is 2.23 bits per heavy atom. The number of aromatic nitrogens is 4. The van der Waals surface area contributed by atoms with Gasteiger partial charge >= 0.3 is 15.2 Å². The van der Waals surface area contributed by atoms with Crippen LogP contribution >= 0.6 is 15.2 Å². The van der Waals surface area contributed by atoms with Crippen molar-refractivity contribution >= 4 is 26.4 Å². The molecule has 146 valence electrons. The molecule has 0 saturated carbocycles. The van der Waals surface area contributed by atoms with Crippen LogP contribution in [0.4, 0.5) is 0 Å². The van der Waals surface area contributed by atoms with Gasteiger partial charge in [0, 0.05) is 26.2 Å². The third-order valence-corrected chi connectivity index (χ3v) is 5.23. The third-order valence-electron chi connectivity index (χ3n) is 3.67. The Morgan fingerprint density at radius 1 is 1.12 bits per heavy atom. The van der Waals surface area contributed by atoms with Crippen molar-refractivity contribution in [2.24, 2.45) is 0 Å². The summed E-state index contributed by atoms with van der Waals surface area (Å²) in [4.78, 5) is 60.2. The Balaban J connectivity index is 2.11. The molecule has 12 nitrogen and oxygen atoms in total. The van der Waals surface area contributed by atoms with E-state index in [0.29, 0.717) is 11.5 Å². The topological polar surface area (TPSA) is 182 Å². The minimum Gasteiger partial charge on any atom is -0.324 e. The summed E-state index contributed by atoms with van der Waals surface area (Å²) in [5.74, 6) is 0.420. The fraction of sp³-hybridized carbons (Fsp3) is 0.583. The van der Waals surface area contributed by atoms with E-state index in [-0.39, 0.29) is 37.3 Å². The summed E-state index contributed by atoms with van der Waals surface area (Å²) in [7, 11) is -8.47. The zero-order chi connectivity index (χ0) is 19.5. The third kappa shape index (κ3) is 6.40. The summed E-state index contributed by atoms with van der Waals surface area (Å²) < 4.78 is 23.8. The van der Waals surface area contributed by atoms with Crippen LogP contribution in [0.3, 0.4) is 0 Å². The summed E-state index contributed by atoms with van der Waals surface area (Å²) in [6, 6.07) is 0. The average molecular weight is 409 g/mol. The molecule has 2 aromatic rings. The predicted octanol–water partition coefficient (Wildman–Crippen LogP) is -0.915. The van der Waals surface area contributed by atoms with Crippen molar-refractivity contribution in [3.05, 3.63) is 22.5 Å². The fourth-order valence-corrected chi connectivity index (χ4v) is 3.44. The van der Waals surface area contributed by atoms with Gasteiger partial charge in [0.25, 0.3) is 5.56 Å². The van der Waals surface area contributed by atoms with Gasteiger partial charge in [-0.25, -0.2) is 9.97 Å². The molecule has 0 aliphatic carbocycles. The monoisotopic (exact) mass is 409 g/mol. The zero-order valence-corrected chi connectivity index (χ0v) is 15.8. The number of imidazole rings is 1. The highest BCUT2D eigenvalue weighted by Gasteiger charge is 2.20. The van der Waals surface area contributed by atoms with Crippen LogP contribution in [0.15, 0.2) is 11.1 Å². The molecule has 5 N–H and O–H groups in total. The maximum atomic E-state index is 11.8. The van der Waals surface area contributed by atoms with Crippen LogP contribution in [0.2, 0.25) is 0 Å². The molecule has 2 heterocycles. The molecule has 0 fully saturated rings. The molecule has 2 aromatic heterocycles. The Hall–Kier alpha value is -1.39. The van der Waals surface area contributed by atoms with E-state index >= 15 is 0 Å². The van der Waals surface area contributed by atoms with Gasteiger partial charge in [-0.1, -0.05) is 0 Å². The Morgan fingerprint density at radius 2 is 1.69 bits per heavy atom. The first-order chi connectivity index (χ1) is 11.9. The molecular formula is C12H21N5O7P2. The van der Waals surface area contributed by atoms with Crippen molar-refractivity contribution in [1.29, 1.82) is 0 Å². The van der Waals surface area contributed by atoms with E-state index in [9.17, 15) is 13.9 Å². The van der Waals surface area contributed by atoms with Crippen molar-refractivity contribution < 1.29 is 28.7 Å². The van der Waals surface area contributed by atoms with Gasteiger partial charge in [0.15, 0.2) is 11.2 Å². The average Bonchev–Trinajstić information content (AvgIpc) is 2.87. The van der Waals surface area contributed by atoms with E-state index < -0.39 is 27.5 Å². The van der Waals surface area contributed by atoms with Crippen LogP contribution < -0.4 is 5.56 Å². The minimum atomic E-state index is -4.23. The molecule has 0 aliphatic heterocycles. The van der Waals surface area contributed by atoms with Crippen molar-refractivity contribution in [2.75, 3.05) is 32.0 Å². The number of nitrogens with one attached hydrogen (secondary N) is 1. The Labute approximate surface area is 148 Å². The van der Waals surface area contributed by atoms with Crippen LogP contribution in [0.25, 0.3) is 11.2 Å². The van der Waals surface area contributed by atoms with Crippen LogP contribution in [0, 0.1) is 6.92 Å². The van der Waals surface area contributed by atoms with Crippen molar-refractivity contribution in [3.8, 4) is 0 Å². The number of rotatable bonds is 9. The SMILES string of the molecule is Cc1nc2c(ncn2CCN(CCP(=O)(O)O)CCP(=O)(O)O)c(=O)[nH]1. The van der Waals surface area contributed by atoms with Gasteiger partial charge in [0.2, 0.25) is 0 Å². The number of nitrogens with zero attached hydrogens (tertiary/aromatic N) is 4. The second-order valence-electron chi connectivity index (χ2n) is 5.88. The minimum absolute atomic E-state index is 0.0239. The standard InChI is InChI=1S/C12H21N5O7P2/c1-9-14-11-10(12(18)15-9)13-8-17(11)3-2-16(4-6-25(19,20)21)5-7-26(22,23)24/h8H,2-7H2,1H3,(H,14,15,18)(H2,19,20,21)(H2,22,23,24). The number of hydrogen-bond donors (Lipinski definition) is 5. The lowest BCUT2D eigenvalue weighted by atomic mass is 10.4. The molecule has 26 heavy (non-hydrogen) atoms. The zero-order valence-electron chi connectivity index (χ0n) is 14.0. The lowest BCUT2D eigenvalue weighted by Crippen LogP contribution is -2.33. The van der Waals surface area contributed by atoms with Gasteiger partial charge in [-0.2, -0.15) is 0 Å². The van der Waals surface area contributed by atoms with E-state index in [1.807, 2.05) is 0 Å². The molecule has 0 aromatic carbocycles. The van der Waals surface area contributed by atoms with Crippen LogP contribution in [0.5, 0.6) is 0 Å². The number of H-pyrrole nitrogens is 1. The van der Waals surface area contributed by atoms with Crippen molar-refractivity contribution in [3.63, 3.8) is 0 Å². The molecular weight excluding hydrogens is 388 g/mol. The molecule has 14 heteroatoms. The molecule has 0 unspecified atom stereocenters. The lowest BCUT2D eigenvalue weighted by molar-refractivity contribution is 0.275.